The number of nitrogens with one attached hydrogen (secondary N) is 1. The van der Waals surface area contributed by atoms with Crippen LogP contribution < -0.4 is 5.32 Å². The standard InChI is InChI=1S/C13H22N4/c1-10-9-11(2)16-12(15-10)13(3,4)17-7-5-14-6-8-17/h9,14H,5-8H2,1-4H3. The fraction of sp³-hybridized carbons (Fsp3) is 0.692. The molecule has 17 heavy (non-hydrogen) atoms. The second-order valence-electron chi connectivity index (χ2n) is 5.27. The van der Waals surface area contributed by atoms with Gasteiger partial charge >= 0.3 is 0 Å². The first kappa shape index (κ1) is 12.5. The van der Waals surface area contributed by atoms with Gasteiger partial charge in [0.2, 0.25) is 0 Å². The minimum Gasteiger partial charge on any atom is -0.314 e. The molecule has 0 unspecified atom stereocenters. The smallest absolute Gasteiger partial charge is 0.148 e. The van der Waals surface area contributed by atoms with Gasteiger partial charge in [0.15, 0.2) is 0 Å². The minimum atomic E-state index is -0.0844. The van der Waals surface area contributed by atoms with Gasteiger partial charge < -0.3 is 5.32 Å². The van der Waals surface area contributed by atoms with E-state index in [0.29, 0.717) is 0 Å². The third-order valence-corrected chi connectivity index (χ3v) is 3.44. The van der Waals surface area contributed by atoms with Crippen molar-refractivity contribution in [3.05, 3.63) is 23.3 Å². The lowest BCUT2D eigenvalue weighted by atomic mass is 10.00. The highest BCUT2D eigenvalue weighted by molar-refractivity contribution is 5.13. The van der Waals surface area contributed by atoms with Gasteiger partial charge in [-0.3, -0.25) is 4.90 Å². The molecule has 0 aromatic carbocycles. The topological polar surface area (TPSA) is 41.1 Å². The first-order valence-electron chi connectivity index (χ1n) is 6.28. The van der Waals surface area contributed by atoms with E-state index in [1.54, 1.807) is 0 Å². The number of hydrogen-bond acceptors (Lipinski definition) is 4. The van der Waals surface area contributed by atoms with Gasteiger partial charge in [-0.25, -0.2) is 9.97 Å². The molecule has 1 aliphatic rings. The highest BCUT2D eigenvalue weighted by Gasteiger charge is 2.32. The molecule has 0 amide bonds. The first-order valence-corrected chi connectivity index (χ1v) is 6.28. The zero-order chi connectivity index (χ0) is 12.5. The van der Waals surface area contributed by atoms with E-state index in [-0.39, 0.29) is 5.54 Å². The molecule has 2 rings (SSSR count). The summed E-state index contributed by atoms with van der Waals surface area (Å²) in [6, 6.07) is 2.03. The Balaban J connectivity index is 2.29. The fourth-order valence-corrected chi connectivity index (χ4v) is 2.36. The molecular formula is C13H22N4. The summed E-state index contributed by atoms with van der Waals surface area (Å²) in [7, 11) is 0. The second-order valence-corrected chi connectivity index (χ2v) is 5.27. The quantitative estimate of drug-likeness (QED) is 0.836. The van der Waals surface area contributed by atoms with Gasteiger partial charge in [0.1, 0.15) is 5.82 Å². The van der Waals surface area contributed by atoms with Crippen molar-refractivity contribution in [2.75, 3.05) is 26.2 Å². The summed E-state index contributed by atoms with van der Waals surface area (Å²) in [6.07, 6.45) is 0. The second kappa shape index (κ2) is 4.70. The Morgan fingerprint density at radius 1 is 1.12 bits per heavy atom. The predicted octanol–water partition coefficient (Wildman–Crippen LogP) is 1.23. The van der Waals surface area contributed by atoms with Crippen LogP contribution in [0.3, 0.4) is 0 Å². The van der Waals surface area contributed by atoms with Crippen LogP contribution in [0.2, 0.25) is 0 Å². The molecule has 4 heteroatoms. The Bertz CT molecular complexity index is 374. The summed E-state index contributed by atoms with van der Waals surface area (Å²) < 4.78 is 0. The van der Waals surface area contributed by atoms with Crippen LogP contribution in [0.5, 0.6) is 0 Å². The van der Waals surface area contributed by atoms with Crippen LogP contribution in [0.4, 0.5) is 0 Å². The number of rotatable bonds is 2. The lowest BCUT2D eigenvalue weighted by Gasteiger charge is -2.40. The maximum atomic E-state index is 4.61. The number of piperazine rings is 1. The van der Waals surface area contributed by atoms with Gasteiger partial charge in [-0.05, 0) is 33.8 Å². The molecule has 0 atom stereocenters. The lowest BCUT2D eigenvalue weighted by molar-refractivity contribution is 0.0945. The van der Waals surface area contributed by atoms with Crippen molar-refractivity contribution in [3.8, 4) is 0 Å². The summed E-state index contributed by atoms with van der Waals surface area (Å²) in [5.74, 6) is 0.942. The third kappa shape index (κ3) is 2.64. The normalized spacial score (nSPS) is 18.4. The number of aromatic nitrogens is 2. The van der Waals surface area contributed by atoms with Gasteiger partial charge in [0.25, 0.3) is 0 Å². The molecule has 94 valence electrons. The van der Waals surface area contributed by atoms with Gasteiger partial charge in [-0.2, -0.15) is 0 Å². The van der Waals surface area contributed by atoms with Crippen LogP contribution in [0.25, 0.3) is 0 Å². The van der Waals surface area contributed by atoms with Gasteiger partial charge in [-0.15, -0.1) is 0 Å². The molecule has 1 aromatic rings. The van der Waals surface area contributed by atoms with Crippen molar-refractivity contribution >= 4 is 0 Å². The first-order chi connectivity index (χ1) is 8.00. The highest BCUT2D eigenvalue weighted by Crippen LogP contribution is 2.25. The summed E-state index contributed by atoms with van der Waals surface area (Å²) in [6.45, 7) is 12.7. The summed E-state index contributed by atoms with van der Waals surface area (Å²) in [5, 5.41) is 3.38. The van der Waals surface area contributed by atoms with Crippen molar-refractivity contribution in [1.29, 1.82) is 0 Å². The SMILES string of the molecule is Cc1cc(C)nc(C(C)(C)N2CCNCC2)n1. The van der Waals surface area contributed by atoms with Crippen LogP contribution in [0.1, 0.15) is 31.1 Å². The highest BCUT2D eigenvalue weighted by atomic mass is 15.3. The Labute approximate surface area is 103 Å². The zero-order valence-corrected chi connectivity index (χ0v) is 11.2. The molecule has 1 aliphatic heterocycles. The molecule has 2 heterocycles. The molecule has 1 aromatic heterocycles. The van der Waals surface area contributed by atoms with E-state index in [1.807, 2.05) is 19.9 Å². The average Bonchev–Trinajstić information content (AvgIpc) is 2.29. The van der Waals surface area contributed by atoms with Gasteiger partial charge in [0.05, 0.1) is 5.54 Å². The fourth-order valence-electron chi connectivity index (χ4n) is 2.36. The Morgan fingerprint density at radius 2 is 1.65 bits per heavy atom. The number of aryl methyl sites for hydroxylation is 2. The van der Waals surface area contributed by atoms with Crippen molar-refractivity contribution in [3.63, 3.8) is 0 Å². The number of hydrogen-bond donors (Lipinski definition) is 1. The van der Waals surface area contributed by atoms with E-state index in [1.165, 1.54) is 0 Å². The van der Waals surface area contributed by atoms with E-state index in [4.69, 9.17) is 0 Å². The molecule has 0 spiro atoms. The van der Waals surface area contributed by atoms with E-state index in [9.17, 15) is 0 Å². The van der Waals surface area contributed by atoms with Gasteiger partial charge in [0, 0.05) is 37.6 Å². The van der Waals surface area contributed by atoms with Crippen LogP contribution in [-0.2, 0) is 5.54 Å². The molecule has 0 bridgehead atoms. The Hall–Kier alpha value is -1.00. The monoisotopic (exact) mass is 234 g/mol. The van der Waals surface area contributed by atoms with Crippen LogP contribution >= 0.6 is 0 Å². The predicted molar refractivity (Wildman–Crippen MR) is 69.0 cm³/mol. The van der Waals surface area contributed by atoms with Crippen LogP contribution in [-0.4, -0.2) is 41.0 Å². The molecule has 1 saturated heterocycles. The Morgan fingerprint density at radius 3 is 2.18 bits per heavy atom. The largest absolute Gasteiger partial charge is 0.314 e. The molecule has 0 radical (unpaired) electrons. The minimum absolute atomic E-state index is 0.0844. The molecule has 0 aliphatic carbocycles. The molecule has 4 nitrogen and oxygen atoms in total. The van der Waals surface area contributed by atoms with Crippen molar-refractivity contribution < 1.29 is 0 Å². The average molecular weight is 234 g/mol. The molecule has 0 saturated carbocycles. The van der Waals surface area contributed by atoms with E-state index < -0.39 is 0 Å². The maximum Gasteiger partial charge on any atom is 0.148 e. The summed E-state index contributed by atoms with van der Waals surface area (Å²) >= 11 is 0. The third-order valence-electron chi connectivity index (χ3n) is 3.44. The molecule has 1 fully saturated rings. The van der Waals surface area contributed by atoms with Crippen LogP contribution in [0.15, 0.2) is 6.07 Å². The zero-order valence-electron chi connectivity index (χ0n) is 11.2. The summed E-state index contributed by atoms with van der Waals surface area (Å²) in [5.41, 5.74) is 2.02. The maximum absolute atomic E-state index is 4.61. The van der Waals surface area contributed by atoms with Crippen molar-refractivity contribution in [2.45, 2.75) is 33.2 Å². The van der Waals surface area contributed by atoms with Gasteiger partial charge in [-0.1, -0.05) is 0 Å². The van der Waals surface area contributed by atoms with E-state index >= 15 is 0 Å². The van der Waals surface area contributed by atoms with E-state index in [0.717, 1.165) is 43.4 Å². The van der Waals surface area contributed by atoms with E-state index in [2.05, 4.69) is 34.0 Å². The summed E-state index contributed by atoms with van der Waals surface area (Å²) in [4.78, 5) is 11.7. The van der Waals surface area contributed by atoms with Crippen LogP contribution in [0, 0.1) is 13.8 Å². The number of nitrogens with zero attached hydrogens (tertiary/aromatic N) is 3. The lowest BCUT2D eigenvalue weighted by Crippen LogP contribution is -2.52. The van der Waals surface area contributed by atoms with Crippen molar-refractivity contribution in [2.24, 2.45) is 0 Å². The Kier molecular flexibility index (Phi) is 3.45. The molecular weight excluding hydrogens is 212 g/mol. The van der Waals surface area contributed by atoms with Crippen molar-refractivity contribution in [1.82, 2.24) is 20.2 Å². The molecule has 1 N–H and O–H groups in total.